The summed E-state index contributed by atoms with van der Waals surface area (Å²) in [5.41, 5.74) is 5.25. The first-order valence-electron chi connectivity index (χ1n) is 8.87. The van der Waals surface area contributed by atoms with Gasteiger partial charge in [0, 0.05) is 6.04 Å². The predicted molar refractivity (Wildman–Crippen MR) is 87.1 cm³/mol. The maximum atomic E-state index is 11.9. The molecule has 1 amide bonds. The van der Waals surface area contributed by atoms with E-state index in [4.69, 9.17) is 5.73 Å². The fourth-order valence-corrected chi connectivity index (χ4v) is 4.58. The summed E-state index contributed by atoms with van der Waals surface area (Å²) in [5, 5.41) is 3.26. The number of piperidine rings is 1. The number of nitrogens with one attached hydrogen (secondary N) is 1. The number of carbonyl (C=O) groups excluding carboxylic acids is 1. The SMILES string of the molecule is CCCC1CCCCN1CCC1CCCC1(NC)C(N)=O. The van der Waals surface area contributed by atoms with E-state index in [0.717, 1.165) is 38.3 Å². The van der Waals surface area contributed by atoms with Crippen LogP contribution in [0.25, 0.3) is 0 Å². The van der Waals surface area contributed by atoms with Gasteiger partial charge in [0.15, 0.2) is 0 Å². The minimum Gasteiger partial charge on any atom is -0.368 e. The monoisotopic (exact) mass is 295 g/mol. The van der Waals surface area contributed by atoms with E-state index in [1.165, 1.54) is 38.6 Å². The molecule has 1 heterocycles. The maximum absolute atomic E-state index is 11.9. The number of hydrogen-bond donors (Lipinski definition) is 2. The Morgan fingerprint density at radius 2 is 2.10 bits per heavy atom. The summed E-state index contributed by atoms with van der Waals surface area (Å²) in [5.74, 6) is 0.250. The first-order valence-corrected chi connectivity index (χ1v) is 8.87. The number of likely N-dealkylation sites (N-methyl/N-ethyl adjacent to an activating group) is 1. The van der Waals surface area contributed by atoms with Gasteiger partial charge < -0.3 is 16.0 Å². The van der Waals surface area contributed by atoms with Crippen molar-refractivity contribution >= 4 is 5.91 Å². The third-order valence-corrected chi connectivity index (χ3v) is 5.84. The molecule has 2 fully saturated rings. The summed E-state index contributed by atoms with van der Waals surface area (Å²) >= 11 is 0. The number of carbonyl (C=O) groups is 1. The summed E-state index contributed by atoms with van der Waals surface area (Å²) in [7, 11) is 1.89. The molecule has 3 N–H and O–H groups in total. The molecule has 0 aromatic rings. The minimum absolute atomic E-state index is 0.156. The van der Waals surface area contributed by atoms with Gasteiger partial charge in [-0.2, -0.15) is 0 Å². The highest BCUT2D eigenvalue weighted by molar-refractivity contribution is 5.85. The largest absolute Gasteiger partial charge is 0.368 e. The number of likely N-dealkylation sites (tertiary alicyclic amines) is 1. The van der Waals surface area contributed by atoms with Crippen molar-refractivity contribution in [2.45, 2.75) is 76.3 Å². The van der Waals surface area contributed by atoms with Gasteiger partial charge in [-0.1, -0.05) is 26.2 Å². The number of hydrogen-bond acceptors (Lipinski definition) is 3. The standard InChI is InChI=1S/C17H33N3O/c1-3-7-15-9-4-5-12-20(15)13-10-14-8-6-11-17(14,19-2)16(18)21/h14-15,19H,3-13H2,1-2H3,(H2,18,21). The van der Waals surface area contributed by atoms with Gasteiger partial charge >= 0.3 is 0 Å². The van der Waals surface area contributed by atoms with Crippen LogP contribution >= 0.6 is 0 Å². The lowest BCUT2D eigenvalue weighted by molar-refractivity contribution is -0.125. The van der Waals surface area contributed by atoms with Crippen LogP contribution in [0.5, 0.6) is 0 Å². The van der Waals surface area contributed by atoms with Crippen molar-refractivity contribution in [3.63, 3.8) is 0 Å². The molecule has 0 aromatic carbocycles. The Balaban J connectivity index is 1.93. The Morgan fingerprint density at radius 3 is 2.76 bits per heavy atom. The molecule has 0 aromatic heterocycles. The first kappa shape index (κ1) is 16.8. The second kappa shape index (κ2) is 7.59. The van der Waals surface area contributed by atoms with E-state index >= 15 is 0 Å². The fraction of sp³-hybridized carbons (Fsp3) is 0.941. The van der Waals surface area contributed by atoms with E-state index in [1.807, 2.05) is 7.05 Å². The molecule has 3 atom stereocenters. The van der Waals surface area contributed by atoms with Crippen LogP contribution in [0.4, 0.5) is 0 Å². The lowest BCUT2D eigenvalue weighted by Crippen LogP contribution is -2.57. The van der Waals surface area contributed by atoms with E-state index < -0.39 is 5.54 Å². The molecule has 1 saturated carbocycles. The van der Waals surface area contributed by atoms with E-state index in [1.54, 1.807) is 0 Å². The minimum atomic E-state index is -0.448. The van der Waals surface area contributed by atoms with Gasteiger partial charge in [-0.05, 0) is 64.6 Å². The fourth-order valence-electron chi connectivity index (χ4n) is 4.58. The second-order valence-corrected chi connectivity index (χ2v) is 6.94. The number of nitrogens with two attached hydrogens (primary N) is 1. The Bertz CT molecular complexity index is 345. The zero-order valence-electron chi connectivity index (χ0n) is 13.9. The van der Waals surface area contributed by atoms with Gasteiger partial charge in [-0.15, -0.1) is 0 Å². The molecular weight excluding hydrogens is 262 g/mol. The van der Waals surface area contributed by atoms with Gasteiger partial charge in [-0.25, -0.2) is 0 Å². The molecule has 122 valence electrons. The molecule has 21 heavy (non-hydrogen) atoms. The molecule has 3 unspecified atom stereocenters. The molecular formula is C17H33N3O. The molecule has 1 aliphatic heterocycles. The molecule has 1 saturated heterocycles. The molecule has 0 radical (unpaired) electrons. The smallest absolute Gasteiger partial charge is 0.238 e. The maximum Gasteiger partial charge on any atom is 0.238 e. The molecule has 0 bridgehead atoms. The van der Waals surface area contributed by atoms with Gasteiger partial charge in [0.05, 0.1) is 0 Å². The zero-order valence-corrected chi connectivity index (χ0v) is 13.9. The Hall–Kier alpha value is -0.610. The van der Waals surface area contributed by atoms with Crippen LogP contribution in [0, 0.1) is 5.92 Å². The van der Waals surface area contributed by atoms with Gasteiger partial charge in [0.1, 0.15) is 5.54 Å². The van der Waals surface area contributed by atoms with Crippen LogP contribution in [-0.4, -0.2) is 42.5 Å². The van der Waals surface area contributed by atoms with Crippen molar-refractivity contribution in [2.75, 3.05) is 20.1 Å². The Labute approximate surface area is 129 Å². The highest BCUT2D eigenvalue weighted by Crippen LogP contribution is 2.38. The number of rotatable bonds is 7. The molecule has 4 heteroatoms. The second-order valence-electron chi connectivity index (χ2n) is 6.94. The summed E-state index contributed by atoms with van der Waals surface area (Å²) < 4.78 is 0. The lowest BCUT2D eigenvalue weighted by Gasteiger charge is -2.38. The normalized spacial score (nSPS) is 34.2. The first-order chi connectivity index (χ1) is 10.1. The van der Waals surface area contributed by atoms with E-state index in [-0.39, 0.29) is 5.91 Å². The van der Waals surface area contributed by atoms with Gasteiger partial charge in [-0.3, -0.25) is 4.79 Å². The van der Waals surface area contributed by atoms with E-state index in [2.05, 4.69) is 17.1 Å². The molecule has 2 aliphatic rings. The van der Waals surface area contributed by atoms with Crippen LogP contribution in [0.1, 0.15) is 64.7 Å². The van der Waals surface area contributed by atoms with Crippen molar-refractivity contribution in [2.24, 2.45) is 11.7 Å². The third kappa shape index (κ3) is 3.59. The average molecular weight is 295 g/mol. The molecule has 1 aliphatic carbocycles. The van der Waals surface area contributed by atoms with Crippen LogP contribution in [0.15, 0.2) is 0 Å². The van der Waals surface area contributed by atoms with Crippen LogP contribution in [-0.2, 0) is 4.79 Å². The number of amides is 1. The highest BCUT2D eigenvalue weighted by Gasteiger charge is 2.46. The van der Waals surface area contributed by atoms with Crippen LogP contribution < -0.4 is 11.1 Å². The topological polar surface area (TPSA) is 58.4 Å². The summed E-state index contributed by atoms with van der Waals surface area (Å²) in [4.78, 5) is 14.6. The van der Waals surface area contributed by atoms with Crippen molar-refractivity contribution < 1.29 is 4.79 Å². The molecule has 0 spiro atoms. The number of primary amides is 1. The third-order valence-electron chi connectivity index (χ3n) is 5.84. The Morgan fingerprint density at radius 1 is 1.29 bits per heavy atom. The molecule has 2 rings (SSSR count). The Kier molecular flexibility index (Phi) is 6.06. The summed E-state index contributed by atoms with van der Waals surface area (Å²) in [6.07, 6.45) is 10.9. The predicted octanol–water partition coefficient (Wildman–Crippen LogP) is 2.27. The quantitative estimate of drug-likeness (QED) is 0.757. The van der Waals surface area contributed by atoms with E-state index in [9.17, 15) is 4.79 Å². The van der Waals surface area contributed by atoms with Crippen molar-refractivity contribution in [1.82, 2.24) is 10.2 Å². The molecule has 4 nitrogen and oxygen atoms in total. The van der Waals surface area contributed by atoms with Gasteiger partial charge in [0.2, 0.25) is 5.91 Å². The van der Waals surface area contributed by atoms with E-state index in [0.29, 0.717) is 5.92 Å². The summed E-state index contributed by atoms with van der Waals surface area (Å²) in [6.45, 7) is 4.65. The van der Waals surface area contributed by atoms with Gasteiger partial charge in [0.25, 0.3) is 0 Å². The zero-order chi connectivity index (χ0) is 15.3. The van der Waals surface area contributed by atoms with Crippen molar-refractivity contribution in [3.8, 4) is 0 Å². The van der Waals surface area contributed by atoms with Crippen LogP contribution in [0.2, 0.25) is 0 Å². The van der Waals surface area contributed by atoms with Crippen LogP contribution in [0.3, 0.4) is 0 Å². The highest BCUT2D eigenvalue weighted by atomic mass is 16.1. The average Bonchev–Trinajstić information content (AvgIpc) is 2.91. The summed E-state index contributed by atoms with van der Waals surface area (Å²) in [6, 6.07) is 0.766. The lowest BCUT2D eigenvalue weighted by atomic mass is 9.83. The van der Waals surface area contributed by atoms with Crippen molar-refractivity contribution in [1.29, 1.82) is 0 Å². The van der Waals surface area contributed by atoms with Crippen molar-refractivity contribution in [3.05, 3.63) is 0 Å². The number of nitrogens with zero attached hydrogens (tertiary/aromatic N) is 1.